The molecule has 0 amide bonds. The van der Waals surface area contributed by atoms with E-state index in [1.165, 1.54) is 18.5 Å². The van der Waals surface area contributed by atoms with Crippen LogP contribution in [-0.2, 0) is 10.0 Å². The third-order valence-electron chi connectivity index (χ3n) is 6.62. The Balaban J connectivity index is 1.25. The average molecular weight is 364 g/mol. The van der Waals surface area contributed by atoms with Crippen LogP contribution in [0.1, 0.15) is 44.9 Å². The van der Waals surface area contributed by atoms with Gasteiger partial charge in [0.25, 0.3) is 0 Å². The molecule has 2 bridgehead atoms. The molecule has 25 heavy (non-hydrogen) atoms. The molecule has 1 aromatic rings. The highest BCUT2D eigenvalue weighted by atomic mass is 32.2. The molecule has 2 heterocycles. The molecule has 1 aliphatic heterocycles. The lowest BCUT2D eigenvalue weighted by atomic mass is 9.87. The van der Waals surface area contributed by atoms with Gasteiger partial charge in [0.15, 0.2) is 0 Å². The minimum absolute atomic E-state index is 0.0984. The van der Waals surface area contributed by atoms with Gasteiger partial charge in [-0.05, 0) is 74.3 Å². The minimum Gasteiger partial charge on any atom is -0.371 e. The number of hydrogen-bond donors (Lipinski definition) is 1. The number of sulfonamides is 1. The lowest BCUT2D eigenvalue weighted by molar-refractivity contribution is 0.331. The van der Waals surface area contributed by atoms with Crippen LogP contribution in [0.25, 0.3) is 0 Å². The number of piperidine rings is 1. The van der Waals surface area contributed by atoms with Crippen LogP contribution in [0.4, 0.5) is 5.69 Å². The van der Waals surface area contributed by atoms with Gasteiger partial charge in [-0.1, -0.05) is 0 Å². The first-order valence-corrected chi connectivity index (χ1v) is 11.3. The Morgan fingerprint density at radius 2 is 1.80 bits per heavy atom. The molecule has 2 aliphatic carbocycles. The fraction of sp³-hybridized carbons (Fsp3) is 0.737. The van der Waals surface area contributed by atoms with E-state index in [9.17, 15) is 8.42 Å². The fourth-order valence-electron chi connectivity index (χ4n) is 5.16. The van der Waals surface area contributed by atoms with E-state index in [1.807, 2.05) is 24.5 Å². The summed E-state index contributed by atoms with van der Waals surface area (Å²) in [6.07, 6.45) is 11.6. The van der Waals surface area contributed by atoms with Crippen LogP contribution in [0.5, 0.6) is 0 Å². The molecular formula is C19H29N3O2S. The van der Waals surface area contributed by atoms with E-state index in [0.29, 0.717) is 18.2 Å². The fourth-order valence-corrected chi connectivity index (χ4v) is 6.97. The molecular weight excluding hydrogens is 334 g/mol. The third-order valence-corrected chi connectivity index (χ3v) is 8.22. The van der Waals surface area contributed by atoms with Crippen LogP contribution >= 0.6 is 0 Å². The van der Waals surface area contributed by atoms with E-state index in [0.717, 1.165) is 51.1 Å². The van der Waals surface area contributed by atoms with Crippen LogP contribution in [0, 0.1) is 17.3 Å². The monoisotopic (exact) mass is 363 g/mol. The first-order chi connectivity index (χ1) is 12.0. The number of nitrogens with zero attached hydrogens (tertiary/aromatic N) is 2. The maximum atomic E-state index is 12.6. The number of hydrogen-bond acceptors (Lipinski definition) is 4. The zero-order valence-electron chi connectivity index (χ0n) is 14.9. The summed E-state index contributed by atoms with van der Waals surface area (Å²) in [7, 11) is -3.15. The number of rotatable bonds is 6. The Kier molecular flexibility index (Phi) is 4.75. The Hall–Kier alpha value is -1.14. The summed E-state index contributed by atoms with van der Waals surface area (Å²) in [5, 5.41) is 0. The molecule has 4 rings (SSSR count). The summed E-state index contributed by atoms with van der Waals surface area (Å²) in [6.45, 7) is 2.58. The van der Waals surface area contributed by atoms with E-state index in [-0.39, 0.29) is 5.41 Å². The largest absolute Gasteiger partial charge is 0.371 e. The van der Waals surface area contributed by atoms with Gasteiger partial charge in [0, 0.05) is 37.7 Å². The third kappa shape index (κ3) is 4.00. The highest BCUT2D eigenvalue weighted by molar-refractivity contribution is 7.89. The normalized spacial score (nSPS) is 30.1. The van der Waals surface area contributed by atoms with Crippen molar-refractivity contribution in [2.75, 3.05) is 30.3 Å². The zero-order chi connectivity index (χ0) is 17.3. The van der Waals surface area contributed by atoms with Gasteiger partial charge in [-0.2, -0.15) is 0 Å². The molecule has 138 valence electrons. The highest BCUT2D eigenvalue weighted by Crippen LogP contribution is 2.54. The summed E-state index contributed by atoms with van der Waals surface area (Å²) < 4.78 is 28.1. The molecule has 5 nitrogen and oxygen atoms in total. The van der Waals surface area contributed by atoms with Crippen molar-refractivity contribution in [3.05, 3.63) is 24.5 Å². The first kappa shape index (κ1) is 17.3. The SMILES string of the molecule is O=S(=O)(CC12CCC(CC1)C2)NCC1CCN(c2ccncc2)CC1. The van der Waals surface area contributed by atoms with Crippen LogP contribution in [0.15, 0.2) is 24.5 Å². The van der Waals surface area contributed by atoms with Crippen LogP contribution in [-0.4, -0.2) is 38.8 Å². The number of aromatic nitrogens is 1. The highest BCUT2D eigenvalue weighted by Gasteiger charge is 2.47. The van der Waals surface area contributed by atoms with Crippen LogP contribution in [0.2, 0.25) is 0 Å². The van der Waals surface area contributed by atoms with Crippen molar-refractivity contribution < 1.29 is 8.42 Å². The molecule has 1 N–H and O–H groups in total. The molecule has 0 unspecified atom stereocenters. The Labute approximate surface area is 151 Å². The second kappa shape index (κ2) is 6.88. The van der Waals surface area contributed by atoms with E-state index in [1.54, 1.807) is 0 Å². The maximum absolute atomic E-state index is 12.6. The van der Waals surface area contributed by atoms with E-state index >= 15 is 0 Å². The molecule has 0 spiro atoms. The second-order valence-electron chi connectivity index (χ2n) is 8.39. The minimum atomic E-state index is -3.15. The maximum Gasteiger partial charge on any atom is 0.212 e. The molecule has 6 heteroatoms. The summed E-state index contributed by atoms with van der Waals surface area (Å²) in [5.41, 5.74) is 1.31. The van der Waals surface area contributed by atoms with Crippen molar-refractivity contribution in [1.29, 1.82) is 0 Å². The van der Waals surface area contributed by atoms with Crippen molar-refractivity contribution in [3.8, 4) is 0 Å². The van der Waals surface area contributed by atoms with Gasteiger partial charge in [-0.15, -0.1) is 0 Å². The average Bonchev–Trinajstić information content (AvgIpc) is 3.21. The molecule has 1 aromatic heterocycles. The quantitative estimate of drug-likeness (QED) is 0.844. The van der Waals surface area contributed by atoms with Gasteiger partial charge in [-0.3, -0.25) is 4.98 Å². The van der Waals surface area contributed by atoms with Crippen molar-refractivity contribution in [2.45, 2.75) is 44.9 Å². The van der Waals surface area contributed by atoms with Gasteiger partial charge in [0.1, 0.15) is 0 Å². The van der Waals surface area contributed by atoms with Gasteiger partial charge in [0.05, 0.1) is 5.75 Å². The second-order valence-corrected chi connectivity index (χ2v) is 10.2. The van der Waals surface area contributed by atoms with Crippen molar-refractivity contribution in [3.63, 3.8) is 0 Å². The van der Waals surface area contributed by atoms with Gasteiger partial charge in [0.2, 0.25) is 10.0 Å². The topological polar surface area (TPSA) is 62.3 Å². The molecule has 0 atom stereocenters. The Morgan fingerprint density at radius 3 is 2.40 bits per heavy atom. The predicted octanol–water partition coefficient (Wildman–Crippen LogP) is 2.80. The van der Waals surface area contributed by atoms with Gasteiger partial charge < -0.3 is 4.90 Å². The van der Waals surface area contributed by atoms with Crippen LogP contribution < -0.4 is 9.62 Å². The van der Waals surface area contributed by atoms with Crippen molar-refractivity contribution in [1.82, 2.24) is 9.71 Å². The van der Waals surface area contributed by atoms with Crippen molar-refractivity contribution in [2.24, 2.45) is 17.3 Å². The number of nitrogens with one attached hydrogen (secondary N) is 1. The van der Waals surface area contributed by atoms with E-state index in [4.69, 9.17) is 0 Å². The van der Waals surface area contributed by atoms with E-state index < -0.39 is 10.0 Å². The Morgan fingerprint density at radius 1 is 1.12 bits per heavy atom. The first-order valence-electron chi connectivity index (χ1n) is 9.66. The summed E-state index contributed by atoms with van der Waals surface area (Å²) in [5.74, 6) is 1.60. The lowest BCUT2D eigenvalue weighted by Gasteiger charge is -2.34. The molecule has 3 aliphatic rings. The number of fused-ring (bicyclic) bond motifs is 2. The molecule has 0 radical (unpaired) electrons. The molecule has 3 fully saturated rings. The molecule has 0 aromatic carbocycles. The molecule has 1 saturated heterocycles. The smallest absolute Gasteiger partial charge is 0.212 e. The lowest BCUT2D eigenvalue weighted by Crippen LogP contribution is -2.41. The van der Waals surface area contributed by atoms with Gasteiger partial charge >= 0.3 is 0 Å². The zero-order valence-corrected chi connectivity index (χ0v) is 15.7. The predicted molar refractivity (Wildman–Crippen MR) is 100.0 cm³/mol. The summed E-state index contributed by atoms with van der Waals surface area (Å²) in [4.78, 5) is 6.43. The molecule has 2 saturated carbocycles. The van der Waals surface area contributed by atoms with E-state index in [2.05, 4.69) is 14.6 Å². The van der Waals surface area contributed by atoms with Crippen LogP contribution in [0.3, 0.4) is 0 Å². The summed E-state index contributed by atoms with van der Waals surface area (Å²) in [6, 6.07) is 4.08. The van der Waals surface area contributed by atoms with Gasteiger partial charge in [-0.25, -0.2) is 13.1 Å². The number of pyridine rings is 1. The summed E-state index contributed by atoms with van der Waals surface area (Å²) >= 11 is 0. The number of anilines is 1. The Bertz CT molecular complexity index is 676. The van der Waals surface area contributed by atoms with Crippen molar-refractivity contribution >= 4 is 15.7 Å². The standard InChI is InChI=1S/C19H29N3O2S/c23-25(24,15-19-7-1-16(13-19)2-8-19)21-14-17-5-11-22(12-6-17)18-3-9-20-10-4-18/h3-4,9-10,16-17,21H,1-2,5-8,11-15H2.